The van der Waals surface area contributed by atoms with Crippen molar-refractivity contribution in [1.29, 1.82) is 0 Å². The van der Waals surface area contributed by atoms with E-state index in [9.17, 15) is 24.0 Å². The molecule has 256 valence electrons. The fourth-order valence-electron chi connectivity index (χ4n) is 4.74. The van der Waals surface area contributed by atoms with Crippen LogP contribution in [0.4, 0.5) is 0 Å². The maximum absolute atomic E-state index is 12.4. The second-order valence-corrected chi connectivity index (χ2v) is 10.2. The Labute approximate surface area is 271 Å². The van der Waals surface area contributed by atoms with Crippen LogP contribution in [0.3, 0.4) is 0 Å². The molecule has 1 heterocycles. The van der Waals surface area contributed by atoms with Crippen LogP contribution in [0.15, 0.2) is 42.5 Å². The highest BCUT2D eigenvalue weighted by molar-refractivity contribution is 5.71. The summed E-state index contributed by atoms with van der Waals surface area (Å²) in [4.78, 5) is 59.9. The van der Waals surface area contributed by atoms with Gasteiger partial charge in [-0.2, -0.15) is 0 Å². The van der Waals surface area contributed by atoms with Gasteiger partial charge in [-0.3, -0.25) is 24.0 Å². The minimum Gasteiger partial charge on any atom is -0.493 e. The normalized spacial score (nSPS) is 20.1. The number of carbonyl (C=O) groups is 5. The Morgan fingerprint density at radius 2 is 1.34 bits per heavy atom. The van der Waals surface area contributed by atoms with Gasteiger partial charge < -0.3 is 47.4 Å². The Balaban J connectivity index is 2.04. The maximum atomic E-state index is 12.4. The van der Waals surface area contributed by atoms with Crippen LogP contribution in [-0.4, -0.2) is 88.0 Å². The predicted molar refractivity (Wildman–Crippen MR) is 159 cm³/mol. The predicted octanol–water partition coefficient (Wildman–Crippen LogP) is 2.85. The fourth-order valence-corrected chi connectivity index (χ4v) is 4.74. The standard InChI is InChI=1S/C32H38O15/c1-17(33)42-25-13-12-22(14-26(25)39-7)29(44-19(3)35)27(47-24-11-9-8-10-23(24)38-6)15-40-32-31(46-21(5)37)30(45-20(4)36)28(16-41-32)43-18(2)34/h8-14,27-32H,15-16H2,1-7H3/t27-,28+,29+,30-,31+,32+/m0/s1. The second-order valence-electron chi connectivity index (χ2n) is 10.2. The zero-order valence-electron chi connectivity index (χ0n) is 27.0. The Morgan fingerprint density at radius 3 is 1.91 bits per heavy atom. The van der Waals surface area contributed by atoms with Gasteiger partial charge in [0.1, 0.15) is 0 Å². The van der Waals surface area contributed by atoms with Crippen molar-refractivity contribution >= 4 is 29.8 Å². The van der Waals surface area contributed by atoms with Crippen LogP contribution in [0, 0.1) is 0 Å². The average molecular weight is 663 g/mol. The van der Waals surface area contributed by atoms with Crippen molar-refractivity contribution in [3.05, 3.63) is 48.0 Å². The number of rotatable bonds is 14. The van der Waals surface area contributed by atoms with Gasteiger partial charge in [-0.1, -0.05) is 18.2 Å². The molecule has 1 aliphatic rings. The van der Waals surface area contributed by atoms with Crippen molar-refractivity contribution in [3.63, 3.8) is 0 Å². The number of carbonyl (C=O) groups excluding carboxylic acids is 5. The minimum absolute atomic E-state index is 0.127. The topological polar surface area (TPSA) is 178 Å². The first-order valence-electron chi connectivity index (χ1n) is 14.4. The van der Waals surface area contributed by atoms with Crippen LogP contribution < -0.4 is 18.9 Å². The minimum atomic E-state index is -1.38. The van der Waals surface area contributed by atoms with Crippen molar-refractivity contribution in [3.8, 4) is 23.0 Å². The molecular formula is C32H38O15. The second kappa shape index (κ2) is 17.1. The number of hydrogen-bond acceptors (Lipinski definition) is 15. The largest absolute Gasteiger partial charge is 0.493 e. The zero-order chi connectivity index (χ0) is 34.7. The van der Waals surface area contributed by atoms with E-state index in [0.29, 0.717) is 11.3 Å². The van der Waals surface area contributed by atoms with Crippen LogP contribution in [0.1, 0.15) is 46.3 Å². The molecule has 0 aliphatic carbocycles. The number of benzene rings is 2. The van der Waals surface area contributed by atoms with Crippen molar-refractivity contribution in [2.24, 2.45) is 0 Å². The molecule has 3 rings (SSSR count). The molecule has 1 aliphatic heterocycles. The summed E-state index contributed by atoms with van der Waals surface area (Å²) in [6, 6.07) is 11.2. The van der Waals surface area contributed by atoms with Gasteiger partial charge in [0.05, 0.1) is 27.4 Å². The molecular weight excluding hydrogens is 624 g/mol. The van der Waals surface area contributed by atoms with Crippen LogP contribution in [0.25, 0.3) is 0 Å². The quantitative estimate of drug-likeness (QED) is 0.164. The van der Waals surface area contributed by atoms with E-state index in [2.05, 4.69) is 0 Å². The summed E-state index contributed by atoms with van der Waals surface area (Å²) in [5.74, 6) is -2.50. The summed E-state index contributed by atoms with van der Waals surface area (Å²) in [6.07, 6.45) is -7.45. The molecule has 15 nitrogen and oxygen atoms in total. The first-order chi connectivity index (χ1) is 22.3. The summed E-state index contributed by atoms with van der Waals surface area (Å²) in [5, 5.41) is 0. The maximum Gasteiger partial charge on any atom is 0.308 e. The molecule has 0 amide bonds. The van der Waals surface area contributed by atoms with Gasteiger partial charge in [-0.05, 0) is 24.3 Å². The van der Waals surface area contributed by atoms with Gasteiger partial charge in [-0.25, -0.2) is 0 Å². The molecule has 2 aromatic carbocycles. The Kier molecular flexibility index (Phi) is 13.3. The van der Waals surface area contributed by atoms with Gasteiger partial charge in [-0.15, -0.1) is 0 Å². The first-order valence-corrected chi connectivity index (χ1v) is 14.4. The van der Waals surface area contributed by atoms with E-state index in [1.165, 1.54) is 40.2 Å². The van der Waals surface area contributed by atoms with Crippen LogP contribution >= 0.6 is 0 Å². The van der Waals surface area contributed by atoms with Crippen molar-refractivity contribution in [2.75, 3.05) is 27.4 Å². The van der Waals surface area contributed by atoms with Gasteiger partial charge in [0.15, 0.2) is 59.8 Å². The number of ether oxygens (including phenoxy) is 10. The number of methoxy groups -OCH3 is 2. The molecule has 2 aromatic rings. The van der Waals surface area contributed by atoms with E-state index in [1.54, 1.807) is 30.3 Å². The molecule has 1 saturated heterocycles. The third-order valence-corrected chi connectivity index (χ3v) is 6.48. The average Bonchev–Trinajstić information content (AvgIpc) is 2.99. The monoisotopic (exact) mass is 662 g/mol. The fraction of sp³-hybridized carbons (Fsp3) is 0.469. The molecule has 0 radical (unpaired) electrons. The smallest absolute Gasteiger partial charge is 0.308 e. The van der Waals surface area contributed by atoms with Crippen LogP contribution in [0.5, 0.6) is 23.0 Å². The lowest BCUT2D eigenvalue weighted by Crippen LogP contribution is -2.58. The van der Waals surface area contributed by atoms with E-state index >= 15 is 0 Å². The third kappa shape index (κ3) is 10.6. The van der Waals surface area contributed by atoms with E-state index in [-0.39, 0.29) is 30.5 Å². The van der Waals surface area contributed by atoms with Gasteiger partial charge in [0.2, 0.25) is 0 Å². The van der Waals surface area contributed by atoms with Gasteiger partial charge in [0, 0.05) is 40.2 Å². The van der Waals surface area contributed by atoms with Crippen molar-refractivity contribution in [1.82, 2.24) is 0 Å². The van der Waals surface area contributed by atoms with E-state index in [0.717, 1.165) is 20.8 Å². The highest BCUT2D eigenvalue weighted by atomic mass is 16.7. The van der Waals surface area contributed by atoms with Gasteiger partial charge in [0.25, 0.3) is 0 Å². The number of hydrogen-bond donors (Lipinski definition) is 0. The summed E-state index contributed by atoms with van der Waals surface area (Å²) in [7, 11) is 2.82. The Bertz CT molecular complexity index is 1420. The molecule has 1 fully saturated rings. The number of esters is 5. The summed E-state index contributed by atoms with van der Waals surface area (Å²) < 4.78 is 56.1. The Morgan fingerprint density at radius 1 is 0.723 bits per heavy atom. The van der Waals surface area contributed by atoms with Crippen LogP contribution in [-0.2, 0) is 52.4 Å². The summed E-state index contributed by atoms with van der Waals surface area (Å²) >= 11 is 0. The highest BCUT2D eigenvalue weighted by Crippen LogP contribution is 2.36. The lowest BCUT2D eigenvalue weighted by atomic mass is 10.0. The lowest BCUT2D eigenvalue weighted by Gasteiger charge is -2.40. The van der Waals surface area contributed by atoms with Crippen molar-refractivity contribution in [2.45, 2.75) is 71.4 Å². The van der Waals surface area contributed by atoms with E-state index < -0.39 is 66.7 Å². The molecule has 0 N–H and O–H groups in total. The first kappa shape index (κ1) is 36.6. The molecule has 0 saturated carbocycles. The zero-order valence-corrected chi connectivity index (χ0v) is 27.0. The van der Waals surface area contributed by atoms with Crippen molar-refractivity contribution < 1.29 is 71.3 Å². The van der Waals surface area contributed by atoms with Crippen LogP contribution in [0.2, 0.25) is 0 Å². The van der Waals surface area contributed by atoms with Gasteiger partial charge >= 0.3 is 29.8 Å². The third-order valence-electron chi connectivity index (χ3n) is 6.48. The molecule has 0 aromatic heterocycles. The van der Waals surface area contributed by atoms with E-state index in [4.69, 9.17) is 47.4 Å². The SMILES string of the molecule is COc1cc([C@@H](OC(C)=O)[C@H](CO[C@@H]2OC[C@@H](OC(C)=O)[C@H](OC(C)=O)[C@H]2OC(C)=O)Oc2ccccc2OC)ccc1OC(C)=O. The van der Waals surface area contributed by atoms with E-state index in [1.807, 2.05) is 0 Å². The number of para-hydroxylation sites is 2. The molecule has 0 bridgehead atoms. The highest BCUT2D eigenvalue weighted by Gasteiger charge is 2.48. The summed E-state index contributed by atoms with van der Waals surface area (Å²) in [6.45, 7) is 5.23. The lowest BCUT2D eigenvalue weighted by molar-refractivity contribution is -0.285. The molecule has 0 spiro atoms. The molecule has 0 unspecified atom stereocenters. The molecule has 6 atom stereocenters. The molecule has 15 heteroatoms. The Hall–Kier alpha value is -4.89. The summed E-state index contributed by atoms with van der Waals surface area (Å²) in [5.41, 5.74) is 0.366. The molecule has 47 heavy (non-hydrogen) atoms.